The SMILES string of the molecule is Cn1cc(CNC(=O)NC2CCCc3cc(O)ccc32)c(Br)n1. The molecular weight excluding hydrogens is 360 g/mol. The van der Waals surface area contributed by atoms with E-state index in [-0.39, 0.29) is 17.8 Å². The number of phenols is 1. The predicted octanol–water partition coefficient (Wildman–Crippen LogP) is 2.77. The third-order valence-electron chi connectivity index (χ3n) is 4.04. The lowest BCUT2D eigenvalue weighted by atomic mass is 9.87. The van der Waals surface area contributed by atoms with Crippen LogP contribution in [0.2, 0.25) is 0 Å². The molecule has 1 aliphatic rings. The zero-order valence-electron chi connectivity index (χ0n) is 12.8. The van der Waals surface area contributed by atoms with Crippen LogP contribution >= 0.6 is 15.9 Å². The zero-order valence-corrected chi connectivity index (χ0v) is 14.4. The molecule has 7 heteroatoms. The van der Waals surface area contributed by atoms with Crippen LogP contribution in [0, 0.1) is 0 Å². The second-order valence-corrected chi connectivity index (χ2v) is 6.52. The van der Waals surface area contributed by atoms with Gasteiger partial charge in [-0.05, 0) is 58.5 Å². The van der Waals surface area contributed by atoms with E-state index in [0.29, 0.717) is 6.54 Å². The molecule has 6 nitrogen and oxygen atoms in total. The average Bonchev–Trinajstić information content (AvgIpc) is 2.83. The maximum atomic E-state index is 12.2. The van der Waals surface area contributed by atoms with E-state index in [9.17, 15) is 9.90 Å². The fourth-order valence-electron chi connectivity index (χ4n) is 2.96. The number of hydrogen-bond acceptors (Lipinski definition) is 3. The summed E-state index contributed by atoms with van der Waals surface area (Å²) in [7, 11) is 1.84. The van der Waals surface area contributed by atoms with Gasteiger partial charge in [0.25, 0.3) is 0 Å². The second-order valence-electron chi connectivity index (χ2n) is 5.77. The summed E-state index contributed by atoms with van der Waals surface area (Å²) in [5.74, 6) is 0.273. The van der Waals surface area contributed by atoms with Crippen LogP contribution in [0.1, 0.15) is 35.6 Å². The molecule has 0 fully saturated rings. The average molecular weight is 379 g/mol. The number of fused-ring (bicyclic) bond motifs is 1. The van der Waals surface area contributed by atoms with E-state index in [0.717, 1.165) is 40.6 Å². The van der Waals surface area contributed by atoms with E-state index >= 15 is 0 Å². The van der Waals surface area contributed by atoms with Crippen molar-refractivity contribution in [3.05, 3.63) is 45.7 Å². The Morgan fingerprint density at radius 3 is 3.09 bits per heavy atom. The van der Waals surface area contributed by atoms with Crippen molar-refractivity contribution in [3.8, 4) is 5.75 Å². The van der Waals surface area contributed by atoms with Gasteiger partial charge in [0, 0.05) is 25.4 Å². The van der Waals surface area contributed by atoms with Crippen molar-refractivity contribution in [3.63, 3.8) is 0 Å². The van der Waals surface area contributed by atoms with Crippen LogP contribution in [0.15, 0.2) is 29.0 Å². The molecule has 0 aliphatic heterocycles. The van der Waals surface area contributed by atoms with Gasteiger partial charge >= 0.3 is 6.03 Å². The summed E-state index contributed by atoms with van der Waals surface area (Å²) in [5, 5.41) is 19.6. The van der Waals surface area contributed by atoms with Crippen LogP contribution in [0.5, 0.6) is 5.75 Å². The van der Waals surface area contributed by atoms with Crippen LogP contribution in [0.25, 0.3) is 0 Å². The summed E-state index contributed by atoms with van der Waals surface area (Å²) < 4.78 is 2.43. The van der Waals surface area contributed by atoms with Crippen molar-refractivity contribution >= 4 is 22.0 Å². The van der Waals surface area contributed by atoms with Crippen molar-refractivity contribution in [1.29, 1.82) is 0 Å². The van der Waals surface area contributed by atoms with E-state index in [4.69, 9.17) is 0 Å². The Balaban J connectivity index is 1.62. The topological polar surface area (TPSA) is 79.2 Å². The lowest BCUT2D eigenvalue weighted by molar-refractivity contribution is 0.235. The van der Waals surface area contributed by atoms with Gasteiger partial charge < -0.3 is 15.7 Å². The van der Waals surface area contributed by atoms with Gasteiger partial charge in [0.15, 0.2) is 0 Å². The summed E-state index contributed by atoms with van der Waals surface area (Å²) in [4.78, 5) is 12.2. The number of carbonyl (C=O) groups excluding carboxylic acids is 1. The number of rotatable bonds is 3. The third-order valence-corrected chi connectivity index (χ3v) is 4.71. The van der Waals surface area contributed by atoms with Gasteiger partial charge in [-0.25, -0.2) is 4.79 Å². The highest BCUT2D eigenvalue weighted by Gasteiger charge is 2.22. The fraction of sp³-hybridized carbons (Fsp3) is 0.375. The van der Waals surface area contributed by atoms with E-state index in [1.54, 1.807) is 16.8 Å². The quantitative estimate of drug-likeness (QED) is 0.767. The molecule has 1 atom stereocenters. The van der Waals surface area contributed by atoms with Gasteiger partial charge in [-0.2, -0.15) is 5.10 Å². The fourth-order valence-corrected chi connectivity index (χ4v) is 3.46. The lowest BCUT2D eigenvalue weighted by Crippen LogP contribution is -2.38. The highest BCUT2D eigenvalue weighted by molar-refractivity contribution is 9.10. The normalized spacial score (nSPS) is 16.7. The number of hydrogen-bond donors (Lipinski definition) is 3. The van der Waals surface area contributed by atoms with Crippen LogP contribution < -0.4 is 10.6 Å². The summed E-state index contributed by atoms with van der Waals surface area (Å²) >= 11 is 3.37. The molecule has 2 amide bonds. The number of aromatic hydroxyl groups is 1. The monoisotopic (exact) mass is 378 g/mol. The lowest BCUT2D eigenvalue weighted by Gasteiger charge is -2.26. The van der Waals surface area contributed by atoms with E-state index in [2.05, 4.69) is 31.7 Å². The molecule has 122 valence electrons. The maximum Gasteiger partial charge on any atom is 0.315 e. The first-order valence-electron chi connectivity index (χ1n) is 7.57. The number of urea groups is 1. The molecule has 0 bridgehead atoms. The van der Waals surface area contributed by atoms with Crippen molar-refractivity contribution in [2.24, 2.45) is 7.05 Å². The minimum Gasteiger partial charge on any atom is -0.508 e. The first-order valence-corrected chi connectivity index (χ1v) is 8.36. The van der Waals surface area contributed by atoms with Crippen LogP contribution in [0.4, 0.5) is 4.79 Å². The van der Waals surface area contributed by atoms with Gasteiger partial charge in [-0.1, -0.05) is 6.07 Å². The number of benzene rings is 1. The van der Waals surface area contributed by atoms with Crippen LogP contribution in [0.3, 0.4) is 0 Å². The number of carbonyl (C=O) groups is 1. The first kappa shape index (κ1) is 15.9. The van der Waals surface area contributed by atoms with Crippen molar-refractivity contribution < 1.29 is 9.90 Å². The second kappa shape index (κ2) is 6.62. The highest BCUT2D eigenvalue weighted by atomic mass is 79.9. The molecule has 1 aliphatic carbocycles. The molecule has 1 unspecified atom stereocenters. The smallest absolute Gasteiger partial charge is 0.315 e. The Bertz CT molecular complexity index is 729. The highest BCUT2D eigenvalue weighted by Crippen LogP contribution is 2.31. The summed E-state index contributed by atoms with van der Waals surface area (Å²) in [6.45, 7) is 0.412. The van der Waals surface area contributed by atoms with Crippen molar-refractivity contribution in [2.45, 2.75) is 31.8 Å². The number of aryl methyl sites for hydroxylation is 2. The predicted molar refractivity (Wildman–Crippen MR) is 90.1 cm³/mol. The third kappa shape index (κ3) is 3.67. The summed E-state index contributed by atoms with van der Waals surface area (Å²) in [5.41, 5.74) is 3.12. The Morgan fingerprint density at radius 1 is 1.52 bits per heavy atom. The summed E-state index contributed by atoms with van der Waals surface area (Å²) in [6.07, 6.45) is 4.70. The molecule has 0 radical (unpaired) electrons. The number of phenolic OH excluding ortho intramolecular Hbond substituents is 1. The minimum absolute atomic E-state index is 0.0170. The largest absolute Gasteiger partial charge is 0.508 e. The minimum atomic E-state index is -0.202. The molecule has 3 N–H and O–H groups in total. The number of nitrogens with one attached hydrogen (secondary N) is 2. The van der Waals surface area contributed by atoms with Crippen LogP contribution in [-0.2, 0) is 20.0 Å². The van der Waals surface area contributed by atoms with Gasteiger partial charge in [0.1, 0.15) is 10.4 Å². The van der Waals surface area contributed by atoms with Crippen LogP contribution in [-0.4, -0.2) is 20.9 Å². The van der Waals surface area contributed by atoms with Gasteiger partial charge in [0.05, 0.1) is 6.04 Å². The van der Waals surface area contributed by atoms with E-state index in [1.165, 1.54) is 0 Å². The molecule has 2 aromatic rings. The van der Waals surface area contributed by atoms with Gasteiger partial charge in [-0.15, -0.1) is 0 Å². The van der Waals surface area contributed by atoms with E-state index in [1.807, 2.05) is 19.3 Å². The first-order chi connectivity index (χ1) is 11.0. The number of nitrogens with zero attached hydrogens (tertiary/aromatic N) is 2. The molecule has 0 saturated heterocycles. The van der Waals surface area contributed by atoms with Crippen molar-refractivity contribution in [1.82, 2.24) is 20.4 Å². The Kier molecular flexibility index (Phi) is 4.56. The molecule has 23 heavy (non-hydrogen) atoms. The molecule has 0 spiro atoms. The zero-order chi connectivity index (χ0) is 16.4. The Labute approximate surface area is 143 Å². The molecule has 1 heterocycles. The number of halogens is 1. The standard InChI is InChI=1S/C16H19BrN4O2/c1-21-9-11(15(17)20-21)8-18-16(23)19-14-4-2-3-10-7-12(22)5-6-13(10)14/h5-7,9,14,22H,2-4,8H2,1H3,(H2,18,19,23). The van der Waals surface area contributed by atoms with Gasteiger partial charge in [0.2, 0.25) is 0 Å². The van der Waals surface area contributed by atoms with E-state index < -0.39 is 0 Å². The van der Waals surface area contributed by atoms with Gasteiger partial charge in [-0.3, -0.25) is 4.68 Å². The molecular formula is C16H19BrN4O2. The Morgan fingerprint density at radius 2 is 2.35 bits per heavy atom. The number of aromatic nitrogens is 2. The summed E-state index contributed by atoms with van der Waals surface area (Å²) in [6, 6.07) is 5.13. The maximum absolute atomic E-state index is 12.2. The molecule has 1 aromatic carbocycles. The Hall–Kier alpha value is -2.02. The molecule has 1 aromatic heterocycles. The van der Waals surface area contributed by atoms with Crippen molar-refractivity contribution in [2.75, 3.05) is 0 Å². The molecule has 3 rings (SSSR count). The molecule has 0 saturated carbocycles. The number of amides is 2.